The Bertz CT molecular complexity index is 777. The lowest BCUT2D eigenvalue weighted by molar-refractivity contribution is -0.126. The summed E-state index contributed by atoms with van der Waals surface area (Å²) in [5.74, 6) is -0.543. The number of rotatable bonds is 7. The molecule has 1 fully saturated rings. The molecule has 2 aromatic rings. The molecule has 26 heavy (non-hydrogen) atoms. The van der Waals surface area contributed by atoms with Gasteiger partial charge in [0, 0.05) is 26.1 Å². The lowest BCUT2D eigenvalue weighted by Gasteiger charge is -2.12. The van der Waals surface area contributed by atoms with Crippen LogP contribution in [-0.4, -0.2) is 40.3 Å². The van der Waals surface area contributed by atoms with Crippen LogP contribution in [0.15, 0.2) is 24.3 Å². The molecule has 1 aromatic heterocycles. The number of anilines is 1. The maximum Gasteiger partial charge on any atom is 0.229 e. The summed E-state index contributed by atoms with van der Waals surface area (Å²) < 4.78 is 5.29. The third-order valence-electron chi connectivity index (χ3n) is 4.02. The van der Waals surface area contributed by atoms with E-state index < -0.39 is 5.92 Å². The van der Waals surface area contributed by atoms with Gasteiger partial charge in [0.1, 0.15) is 17.4 Å². The van der Waals surface area contributed by atoms with Crippen LogP contribution in [0.4, 0.5) is 5.13 Å². The van der Waals surface area contributed by atoms with E-state index >= 15 is 0 Å². The van der Waals surface area contributed by atoms with Crippen LogP contribution in [0.2, 0.25) is 0 Å². The summed E-state index contributed by atoms with van der Waals surface area (Å²) in [4.78, 5) is 26.1. The minimum Gasteiger partial charge on any atom is -0.508 e. The molecule has 9 heteroatoms. The Balaban J connectivity index is 1.55. The van der Waals surface area contributed by atoms with Gasteiger partial charge in [0.05, 0.1) is 5.92 Å². The Labute approximate surface area is 154 Å². The van der Waals surface area contributed by atoms with Crippen molar-refractivity contribution in [3.05, 3.63) is 34.8 Å². The molecule has 1 aromatic carbocycles. The van der Waals surface area contributed by atoms with Crippen molar-refractivity contribution in [2.75, 3.05) is 18.1 Å². The molecule has 1 saturated heterocycles. The predicted molar refractivity (Wildman–Crippen MR) is 95.7 cm³/mol. The Morgan fingerprint density at radius 1 is 1.38 bits per heavy atom. The predicted octanol–water partition coefficient (Wildman–Crippen LogP) is 1.45. The monoisotopic (exact) mass is 376 g/mol. The number of aromatic nitrogens is 2. The molecule has 0 saturated carbocycles. The maximum absolute atomic E-state index is 12.4. The van der Waals surface area contributed by atoms with E-state index in [9.17, 15) is 14.7 Å². The van der Waals surface area contributed by atoms with Crippen LogP contribution in [0.1, 0.15) is 23.9 Å². The fourth-order valence-electron chi connectivity index (χ4n) is 2.62. The third kappa shape index (κ3) is 4.36. The molecular weight excluding hydrogens is 356 g/mol. The van der Waals surface area contributed by atoms with Gasteiger partial charge in [0.2, 0.25) is 16.9 Å². The molecule has 138 valence electrons. The maximum atomic E-state index is 12.4. The molecule has 0 aliphatic carbocycles. The lowest BCUT2D eigenvalue weighted by Crippen LogP contribution is -2.32. The van der Waals surface area contributed by atoms with E-state index in [1.165, 1.54) is 16.2 Å². The highest BCUT2D eigenvalue weighted by molar-refractivity contribution is 7.15. The fourth-order valence-corrected chi connectivity index (χ4v) is 3.42. The molecule has 2 N–H and O–H groups in total. The number of ether oxygens (including phenoxy) is 1. The summed E-state index contributed by atoms with van der Waals surface area (Å²) in [7, 11) is 0. The molecule has 1 unspecified atom stereocenters. The Morgan fingerprint density at radius 2 is 2.15 bits per heavy atom. The molecule has 8 nitrogen and oxygen atoms in total. The first-order chi connectivity index (χ1) is 12.6. The topological polar surface area (TPSA) is 105 Å². The quantitative estimate of drug-likeness (QED) is 0.758. The molecule has 0 radical (unpaired) electrons. The number of benzene rings is 1. The summed E-state index contributed by atoms with van der Waals surface area (Å²) in [6.07, 6.45) is 0.155. The number of amides is 2. The van der Waals surface area contributed by atoms with E-state index in [0.29, 0.717) is 36.4 Å². The first kappa shape index (κ1) is 18.3. The van der Waals surface area contributed by atoms with Gasteiger partial charge in [-0.1, -0.05) is 23.5 Å². The van der Waals surface area contributed by atoms with Gasteiger partial charge in [-0.25, -0.2) is 0 Å². The Hall–Kier alpha value is -2.52. The highest BCUT2D eigenvalue weighted by Gasteiger charge is 2.36. The molecular formula is C17H20N4O4S. The molecule has 1 aliphatic rings. The van der Waals surface area contributed by atoms with Crippen molar-refractivity contribution in [1.29, 1.82) is 0 Å². The Kier molecular flexibility index (Phi) is 5.79. The van der Waals surface area contributed by atoms with Gasteiger partial charge in [-0.2, -0.15) is 0 Å². The molecule has 1 atom stereocenters. The van der Waals surface area contributed by atoms with Gasteiger partial charge >= 0.3 is 0 Å². The summed E-state index contributed by atoms with van der Waals surface area (Å²) >= 11 is 1.30. The van der Waals surface area contributed by atoms with E-state index in [4.69, 9.17) is 4.74 Å². The largest absolute Gasteiger partial charge is 0.508 e. The SMILES string of the molecule is CCOCc1nnc(N2CC(C(=O)NCc3ccc(O)cc3)CC2=O)s1. The van der Waals surface area contributed by atoms with Crippen molar-refractivity contribution in [2.45, 2.75) is 26.5 Å². The van der Waals surface area contributed by atoms with Crippen LogP contribution in [-0.2, 0) is 27.5 Å². The molecule has 0 spiro atoms. The van der Waals surface area contributed by atoms with Crippen molar-refractivity contribution in [1.82, 2.24) is 15.5 Å². The highest BCUT2D eigenvalue weighted by atomic mass is 32.1. The van der Waals surface area contributed by atoms with Gasteiger partial charge in [0.25, 0.3) is 0 Å². The van der Waals surface area contributed by atoms with E-state index in [0.717, 1.165) is 5.56 Å². The first-order valence-corrected chi connectivity index (χ1v) is 9.14. The number of carbonyl (C=O) groups excluding carboxylic acids is 2. The van der Waals surface area contributed by atoms with E-state index in [1.807, 2.05) is 6.92 Å². The third-order valence-corrected chi connectivity index (χ3v) is 4.94. The van der Waals surface area contributed by atoms with Crippen molar-refractivity contribution in [3.63, 3.8) is 0 Å². The number of nitrogens with one attached hydrogen (secondary N) is 1. The van der Waals surface area contributed by atoms with Gasteiger partial charge in [0.15, 0.2) is 0 Å². The second-order valence-electron chi connectivity index (χ2n) is 5.91. The minimum absolute atomic E-state index is 0.131. The number of phenols is 1. The number of hydrogen-bond acceptors (Lipinski definition) is 7. The van der Waals surface area contributed by atoms with Gasteiger partial charge < -0.3 is 15.2 Å². The smallest absolute Gasteiger partial charge is 0.229 e. The van der Waals surface area contributed by atoms with Crippen molar-refractivity contribution < 1.29 is 19.4 Å². The zero-order valence-corrected chi connectivity index (χ0v) is 15.2. The van der Waals surface area contributed by atoms with Crippen LogP contribution < -0.4 is 10.2 Å². The second-order valence-corrected chi connectivity index (χ2v) is 6.95. The van der Waals surface area contributed by atoms with Crippen molar-refractivity contribution in [2.24, 2.45) is 5.92 Å². The summed E-state index contributed by atoms with van der Waals surface area (Å²) in [5.41, 5.74) is 0.877. The van der Waals surface area contributed by atoms with Crippen LogP contribution in [0.3, 0.4) is 0 Å². The summed E-state index contributed by atoms with van der Waals surface area (Å²) in [5, 5.41) is 21.4. The van der Waals surface area contributed by atoms with E-state index in [2.05, 4.69) is 15.5 Å². The van der Waals surface area contributed by atoms with Crippen molar-refractivity contribution in [3.8, 4) is 5.75 Å². The Morgan fingerprint density at radius 3 is 2.88 bits per heavy atom. The number of nitrogens with zero attached hydrogens (tertiary/aromatic N) is 3. The van der Waals surface area contributed by atoms with Gasteiger partial charge in [-0.15, -0.1) is 10.2 Å². The zero-order valence-electron chi connectivity index (χ0n) is 14.3. The summed E-state index contributed by atoms with van der Waals surface area (Å²) in [6, 6.07) is 6.61. The highest BCUT2D eigenvalue weighted by Crippen LogP contribution is 2.28. The molecule has 1 aliphatic heterocycles. The number of phenolic OH excluding ortho intramolecular Hbond substituents is 1. The zero-order chi connectivity index (χ0) is 18.5. The second kappa shape index (κ2) is 8.24. The fraction of sp³-hybridized carbons (Fsp3) is 0.412. The normalized spacial score (nSPS) is 16.9. The van der Waals surface area contributed by atoms with E-state index in [1.54, 1.807) is 24.3 Å². The average molecular weight is 376 g/mol. The average Bonchev–Trinajstić information content (AvgIpc) is 3.25. The van der Waals surface area contributed by atoms with E-state index in [-0.39, 0.29) is 24.0 Å². The summed E-state index contributed by atoms with van der Waals surface area (Å²) in [6.45, 7) is 3.49. The molecule has 2 amide bonds. The van der Waals surface area contributed by atoms with Gasteiger partial charge in [-0.05, 0) is 24.6 Å². The van der Waals surface area contributed by atoms with Crippen molar-refractivity contribution >= 4 is 28.3 Å². The number of carbonyl (C=O) groups is 2. The van der Waals surface area contributed by atoms with Crippen LogP contribution in [0.25, 0.3) is 0 Å². The molecule has 3 rings (SSSR count). The van der Waals surface area contributed by atoms with Gasteiger partial charge in [-0.3, -0.25) is 14.5 Å². The molecule has 2 heterocycles. The number of hydrogen-bond donors (Lipinski definition) is 2. The standard InChI is InChI=1S/C17H20N4O4S/c1-2-25-10-14-19-20-17(26-14)21-9-12(7-15(21)23)16(24)18-8-11-3-5-13(22)6-4-11/h3-6,12,22H,2,7-10H2,1H3,(H,18,24). The molecule has 0 bridgehead atoms. The first-order valence-electron chi connectivity index (χ1n) is 8.33. The van der Waals surface area contributed by atoms with Crippen LogP contribution in [0, 0.1) is 5.92 Å². The lowest BCUT2D eigenvalue weighted by atomic mass is 10.1. The van der Waals surface area contributed by atoms with Crippen LogP contribution >= 0.6 is 11.3 Å². The minimum atomic E-state index is -0.418. The number of aromatic hydroxyl groups is 1. The van der Waals surface area contributed by atoms with Crippen LogP contribution in [0.5, 0.6) is 5.75 Å².